The van der Waals surface area contributed by atoms with E-state index in [2.05, 4.69) is 5.32 Å². The SMILES string of the molecule is CC1Oc2ccc(C=O)cc2N(CC(=O)NCC2CCCO2)C1=O. The fourth-order valence-electron chi connectivity index (χ4n) is 2.89. The van der Waals surface area contributed by atoms with E-state index in [0.717, 1.165) is 19.4 Å². The van der Waals surface area contributed by atoms with E-state index in [1.807, 2.05) is 0 Å². The molecule has 1 saturated heterocycles. The third-order valence-corrected chi connectivity index (χ3v) is 4.18. The molecule has 1 N–H and O–H groups in total. The lowest BCUT2D eigenvalue weighted by Gasteiger charge is -2.32. The number of amides is 2. The maximum absolute atomic E-state index is 12.4. The van der Waals surface area contributed by atoms with Crippen molar-refractivity contribution in [3.63, 3.8) is 0 Å². The van der Waals surface area contributed by atoms with Crippen molar-refractivity contribution in [3.8, 4) is 5.75 Å². The van der Waals surface area contributed by atoms with Crippen molar-refractivity contribution in [1.82, 2.24) is 5.32 Å². The molecule has 0 aromatic heterocycles. The van der Waals surface area contributed by atoms with Crippen molar-refractivity contribution in [2.75, 3.05) is 24.6 Å². The van der Waals surface area contributed by atoms with E-state index in [1.165, 1.54) is 4.90 Å². The third-order valence-electron chi connectivity index (χ3n) is 4.18. The Labute approximate surface area is 139 Å². The number of benzene rings is 1. The summed E-state index contributed by atoms with van der Waals surface area (Å²) in [6.45, 7) is 2.68. The lowest BCUT2D eigenvalue weighted by atomic mass is 10.1. The summed E-state index contributed by atoms with van der Waals surface area (Å²) in [5.41, 5.74) is 0.861. The molecule has 3 rings (SSSR count). The first kappa shape index (κ1) is 16.4. The molecule has 2 unspecified atom stereocenters. The van der Waals surface area contributed by atoms with Crippen molar-refractivity contribution >= 4 is 23.8 Å². The molecule has 0 saturated carbocycles. The second kappa shape index (κ2) is 7.00. The molecule has 0 radical (unpaired) electrons. The van der Waals surface area contributed by atoms with Gasteiger partial charge in [0.05, 0.1) is 11.8 Å². The van der Waals surface area contributed by atoms with Crippen molar-refractivity contribution in [2.45, 2.75) is 32.0 Å². The number of rotatable bonds is 5. The highest BCUT2D eigenvalue weighted by molar-refractivity contribution is 6.04. The summed E-state index contributed by atoms with van der Waals surface area (Å²) >= 11 is 0. The summed E-state index contributed by atoms with van der Waals surface area (Å²) < 4.78 is 11.0. The van der Waals surface area contributed by atoms with Crippen LogP contribution in [0.2, 0.25) is 0 Å². The number of carbonyl (C=O) groups is 3. The third kappa shape index (κ3) is 3.41. The fraction of sp³-hybridized carbons (Fsp3) is 0.471. The van der Waals surface area contributed by atoms with E-state index in [-0.39, 0.29) is 24.5 Å². The first-order chi connectivity index (χ1) is 11.6. The minimum absolute atomic E-state index is 0.0437. The molecule has 1 aromatic rings. The molecule has 1 fully saturated rings. The molecule has 2 aliphatic rings. The van der Waals surface area contributed by atoms with Crippen LogP contribution in [0.4, 0.5) is 5.69 Å². The van der Waals surface area contributed by atoms with Gasteiger partial charge >= 0.3 is 0 Å². The number of hydrogen-bond acceptors (Lipinski definition) is 5. The molecule has 1 aromatic carbocycles. The number of carbonyl (C=O) groups excluding carboxylic acids is 3. The average molecular weight is 332 g/mol. The Kier molecular flexibility index (Phi) is 4.80. The fourth-order valence-corrected chi connectivity index (χ4v) is 2.89. The number of ether oxygens (including phenoxy) is 2. The summed E-state index contributed by atoms with van der Waals surface area (Å²) in [5.74, 6) is -0.0900. The number of nitrogens with zero attached hydrogens (tertiary/aromatic N) is 1. The molecule has 2 aliphatic heterocycles. The van der Waals surface area contributed by atoms with Crippen molar-refractivity contribution < 1.29 is 23.9 Å². The Balaban J connectivity index is 1.72. The van der Waals surface area contributed by atoms with Crippen LogP contribution in [0, 0.1) is 0 Å². The van der Waals surface area contributed by atoms with Gasteiger partial charge in [0, 0.05) is 18.7 Å². The molecule has 2 amide bonds. The van der Waals surface area contributed by atoms with Crippen LogP contribution in [0.1, 0.15) is 30.1 Å². The summed E-state index contributed by atoms with van der Waals surface area (Å²) in [6.07, 6.45) is 1.99. The van der Waals surface area contributed by atoms with E-state index in [9.17, 15) is 14.4 Å². The normalized spacial score (nSPS) is 22.7. The first-order valence-electron chi connectivity index (χ1n) is 8.04. The van der Waals surface area contributed by atoms with Crippen molar-refractivity contribution in [1.29, 1.82) is 0 Å². The monoisotopic (exact) mass is 332 g/mol. The van der Waals surface area contributed by atoms with Crippen molar-refractivity contribution in [2.24, 2.45) is 0 Å². The van der Waals surface area contributed by atoms with Gasteiger partial charge in [-0.15, -0.1) is 0 Å². The second-order valence-electron chi connectivity index (χ2n) is 5.97. The Bertz CT molecular complexity index is 654. The predicted molar refractivity (Wildman–Crippen MR) is 86.3 cm³/mol. The Hall–Kier alpha value is -2.41. The predicted octanol–water partition coefficient (Wildman–Crippen LogP) is 0.908. The van der Waals surface area contributed by atoms with Crippen LogP contribution in [0.25, 0.3) is 0 Å². The molecule has 2 atom stereocenters. The lowest BCUT2D eigenvalue weighted by molar-refractivity contribution is -0.128. The van der Waals surface area contributed by atoms with E-state index in [0.29, 0.717) is 29.8 Å². The molecule has 128 valence electrons. The highest BCUT2D eigenvalue weighted by Crippen LogP contribution is 2.34. The van der Waals surface area contributed by atoms with Gasteiger partial charge in [0.15, 0.2) is 6.10 Å². The van der Waals surface area contributed by atoms with Gasteiger partial charge in [0.2, 0.25) is 5.91 Å². The van der Waals surface area contributed by atoms with Crippen LogP contribution in [0.5, 0.6) is 5.75 Å². The highest BCUT2D eigenvalue weighted by atomic mass is 16.5. The smallest absolute Gasteiger partial charge is 0.268 e. The zero-order valence-electron chi connectivity index (χ0n) is 13.5. The van der Waals surface area contributed by atoms with Gasteiger partial charge in [-0.3, -0.25) is 19.3 Å². The second-order valence-corrected chi connectivity index (χ2v) is 5.97. The molecule has 0 aliphatic carbocycles. The van der Waals surface area contributed by atoms with Gasteiger partial charge in [-0.05, 0) is 38.0 Å². The van der Waals surface area contributed by atoms with Crippen molar-refractivity contribution in [3.05, 3.63) is 23.8 Å². The van der Waals surface area contributed by atoms with Gasteiger partial charge in [-0.2, -0.15) is 0 Å². The number of nitrogens with one attached hydrogen (secondary N) is 1. The molecule has 0 spiro atoms. The highest BCUT2D eigenvalue weighted by Gasteiger charge is 2.33. The molecule has 7 nitrogen and oxygen atoms in total. The molecule has 0 bridgehead atoms. The van der Waals surface area contributed by atoms with Crippen LogP contribution in [0.3, 0.4) is 0 Å². The first-order valence-corrected chi connectivity index (χ1v) is 8.04. The van der Waals surface area contributed by atoms with E-state index >= 15 is 0 Å². The van der Waals surface area contributed by atoms with Crippen LogP contribution in [-0.2, 0) is 14.3 Å². The molecular formula is C17H20N2O5. The van der Waals surface area contributed by atoms with Gasteiger partial charge < -0.3 is 14.8 Å². The topological polar surface area (TPSA) is 84.9 Å². The van der Waals surface area contributed by atoms with Crippen LogP contribution in [-0.4, -0.2) is 50.0 Å². The van der Waals surface area contributed by atoms with E-state index in [4.69, 9.17) is 9.47 Å². The molecule has 7 heteroatoms. The minimum Gasteiger partial charge on any atom is -0.479 e. The number of anilines is 1. The lowest BCUT2D eigenvalue weighted by Crippen LogP contribution is -2.49. The molecule has 2 heterocycles. The number of hydrogen-bond donors (Lipinski definition) is 1. The van der Waals surface area contributed by atoms with E-state index < -0.39 is 6.10 Å². The number of aldehydes is 1. The van der Waals surface area contributed by atoms with Gasteiger partial charge in [-0.1, -0.05) is 0 Å². The zero-order chi connectivity index (χ0) is 17.1. The number of fused-ring (bicyclic) bond motifs is 1. The van der Waals surface area contributed by atoms with Crippen LogP contribution >= 0.6 is 0 Å². The maximum Gasteiger partial charge on any atom is 0.268 e. The minimum atomic E-state index is -0.675. The summed E-state index contributed by atoms with van der Waals surface area (Å²) in [4.78, 5) is 36.9. The summed E-state index contributed by atoms with van der Waals surface area (Å²) in [5, 5.41) is 2.80. The molecule has 24 heavy (non-hydrogen) atoms. The summed E-state index contributed by atoms with van der Waals surface area (Å²) in [6, 6.07) is 4.81. The van der Waals surface area contributed by atoms with E-state index in [1.54, 1.807) is 25.1 Å². The standard InChI is InChI=1S/C17H20N2O5/c1-11-17(22)19(9-16(21)18-8-13-3-2-6-23-13)14-7-12(10-20)4-5-15(14)24-11/h4-5,7,10-11,13H,2-3,6,8-9H2,1H3,(H,18,21). The van der Waals surface area contributed by atoms with Crippen LogP contribution in [0.15, 0.2) is 18.2 Å². The van der Waals surface area contributed by atoms with Gasteiger partial charge in [0.25, 0.3) is 5.91 Å². The van der Waals surface area contributed by atoms with Gasteiger partial charge in [0.1, 0.15) is 18.6 Å². The largest absolute Gasteiger partial charge is 0.479 e. The summed E-state index contributed by atoms with van der Waals surface area (Å²) in [7, 11) is 0. The zero-order valence-corrected chi connectivity index (χ0v) is 13.5. The molecular weight excluding hydrogens is 312 g/mol. The maximum atomic E-state index is 12.4. The van der Waals surface area contributed by atoms with Gasteiger partial charge in [-0.25, -0.2) is 0 Å². The Morgan fingerprint density at radius 1 is 1.46 bits per heavy atom. The Morgan fingerprint density at radius 2 is 2.29 bits per heavy atom. The quantitative estimate of drug-likeness (QED) is 0.810. The van der Waals surface area contributed by atoms with Crippen LogP contribution < -0.4 is 15.0 Å². The average Bonchev–Trinajstić information content (AvgIpc) is 3.10. The Morgan fingerprint density at radius 3 is 3.00 bits per heavy atom.